The number of primary amides is 1. The lowest BCUT2D eigenvalue weighted by molar-refractivity contribution is -0.116. The van der Waals surface area contributed by atoms with E-state index < -0.39 is 11.7 Å². The first-order valence-corrected chi connectivity index (χ1v) is 4.91. The van der Waals surface area contributed by atoms with Crippen molar-refractivity contribution in [2.24, 2.45) is 11.5 Å². The SMILES string of the molecule is CN(CC(N)=O)c1ccc(F)cc1C(N)=S. The van der Waals surface area contributed by atoms with Crippen LogP contribution in [0.3, 0.4) is 0 Å². The van der Waals surface area contributed by atoms with E-state index in [1.54, 1.807) is 11.9 Å². The van der Waals surface area contributed by atoms with Gasteiger partial charge in [0.05, 0.1) is 6.54 Å². The Hall–Kier alpha value is -1.69. The molecular weight excluding hydrogens is 229 g/mol. The maximum atomic E-state index is 13.0. The standard InChI is InChI=1S/C10H12FN3OS/c1-14(5-9(12)15)8-3-2-6(11)4-7(8)10(13)16/h2-4H,5H2,1H3,(H2,12,15)(H2,13,16). The fourth-order valence-electron chi connectivity index (χ4n) is 1.36. The van der Waals surface area contributed by atoms with Crippen molar-refractivity contribution in [2.75, 3.05) is 18.5 Å². The van der Waals surface area contributed by atoms with E-state index in [-0.39, 0.29) is 11.5 Å². The lowest BCUT2D eigenvalue weighted by Gasteiger charge is -2.20. The van der Waals surface area contributed by atoms with Crippen molar-refractivity contribution in [2.45, 2.75) is 0 Å². The van der Waals surface area contributed by atoms with Crippen LogP contribution in [0.15, 0.2) is 18.2 Å². The number of anilines is 1. The highest BCUT2D eigenvalue weighted by Crippen LogP contribution is 2.20. The summed E-state index contributed by atoms with van der Waals surface area (Å²) in [4.78, 5) is 12.4. The van der Waals surface area contributed by atoms with Crippen LogP contribution in [-0.2, 0) is 4.79 Å². The average molecular weight is 241 g/mol. The van der Waals surface area contributed by atoms with Crippen LogP contribution >= 0.6 is 12.2 Å². The third-order valence-corrected chi connectivity index (χ3v) is 2.25. The second kappa shape index (κ2) is 4.89. The van der Waals surface area contributed by atoms with Crippen LogP contribution in [0.25, 0.3) is 0 Å². The molecule has 0 saturated carbocycles. The minimum atomic E-state index is -0.485. The summed E-state index contributed by atoms with van der Waals surface area (Å²) in [5.74, 6) is -0.917. The molecule has 0 radical (unpaired) electrons. The minimum Gasteiger partial charge on any atom is -0.389 e. The Morgan fingerprint density at radius 2 is 2.12 bits per heavy atom. The number of rotatable bonds is 4. The quantitative estimate of drug-likeness (QED) is 0.748. The lowest BCUT2D eigenvalue weighted by atomic mass is 10.1. The monoisotopic (exact) mass is 241 g/mol. The number of carbonyl (C=O) groups excluding carboxylic acids is 1. The molecule has 4 N–H and O–H groups in total. The van der Waals surface area contributed by atoms with Gasteiger partial charge in [0.2, 0.25) is 5.91 Å². The van der Waals surface area contributed by atoms with Gasteiger partial charge in [-0.05, 0) is 18.2 Å². The summed E-state index contributed by atoms with van der Waals surface area (Å²) in [6, 6.07) is 4.01. The van der Waals surface area contributed by atoms with Gasteiger partial charge in [-0.3, -0.25) is 4.79 Å². The second-order valence-corrected chi connectivity index (χ2v) is 3.79. The summed E-state index contributed by atoms with van der Waals surface area (Å²) in [5, 5.41) is 0. The molecule has 1 aromatic carbocycles. The number of carbonyl (C=O) groups is 1. The van der Waals surface area contributed by atoms with Gasteiger partial charge in [0.1, 0.15) is 10.8 Å². The Labute approximate surface area is 98.0 Å². The molecule has 1 aromatic rings. The predicted molar refractivity (Wildman–Crippen MR) is 64.8 cm³/mol. The van der Waals surface area contributed by atoms with Crippen LogP contribution in [0.5, 0.6) is 0 Å². The van der Waals surface area contributed by atoms with Crippen molar-refractivity contribution in [3.8, 4) is 0 Å². The number of thiocarbonyl (C=S) groups is 1. The Balaban J connectivity index is 3.12. The first kappa shape index (κ1) is 12.4. The van der Waals surface area contributed by atoms with Gasteiger partial charge in [-0.2, -0.15) is 0 Å². The highest BCUT2D eigenvalue weighted by molar-refractivity contribution is 7.80. The van der Waals surface area contributed by atoms with Crippen LogP contribution in [0.1, 0.15) is 5.56 Å². The van der Waals surface area contributed by atoms with E-state index in [0.717, 1.165) is 0 Å². The Morgan fingerprint density at radius 3 is 2.62 bits per heavy atom. The van der Waals surface area contributed by atoms with Crippen LogP contribution < -0.4 is 16.4 Å². The zero-order valence-electron chi connectivity index (χ0n) is 8.74. The van der Waals surface area contributed by atoms with Gasteiger partial charge < -0.3 is 16.4 Å². The van der Waals surface area contributed by atoms with E-state index in [4.69, 9.17) is 23.7 Å². The number of benzene rings is 1. The smallest absolute Gasteiger partial charge is 0.236 e. The summed E-state index contributed by atoms with van der Waals surface area (Å²) >= 11 is 4.81. The van der Waals surface area contributed by atoms with Crippen molar-refractivity contribution in [3.05, 3.63) is 29.6 Å². The van der Waals surface area contributed by atoms with Gasteiger partial charge in [0.25, 0.3) is 0 Å². The van der Waals surface area contributed by atoms with E-state index in [1.165, 1.54) is 18.2 Å². The molecule has 0 bridgehead atoms. The Kier molecular flexibility index (Phi) is 3.78. The van der Waals surface area contributed by atoms with Gasteiger partial charge >= 0.3 is 0 Å². The van der Waals surface area contributed by atoms with Crippen LogP contribution in [-0.4, -0.2) is 24.5 Å². The van der Waals surface area contributed by atoms with E-state index in [0.29, 0.717) is 11.3 Å². The molecule has 1 amide bonds. The predicted octanol–water partition coefficient (Wildman–Crippen LogP) is 0.381. The Bertz CT molecular complexity index is 436. The molecular formula is C10H12FN3OS. The van der Waals surface area contributed by atoms with Crippen LogP contribution in [0.4, 0.5) is 10.1 Å². The van der Waals surface area contributed by atoms with Crippen molar-refractivity contribution in [1.29, 1.82) is 0 Å². The van der Waals surface area contributed by atoms with Gasteiger partial charge in [0, 0.05) is 18.3 Å². The summed E-state index contributed by atoms with van der Waals surface area (Å²) in [7, 11) is 1.65. The van der Waals surface area contributed by atoms with Gasteiger partial charge in [-0.15, -0.1) is 0 Å². The van der Waals surface area contributed by atoms with Crippen molar-refractivity contribution in [3.63, 3.8) is 0 Å². The highest BCUT2D eigenvalue weighted by Gasteiger charge is 2.12. The third kappa shape index (κ3) is 2.90. The van der Waals surface area contributed by atoms with E-state index in [1.807, 2.05) is 0 Å². The highest BCUT2D eigenvalue weighted by atomic mass is 32.1. The first-order chi connectivity index (χ1) is 7.41. The normalized spacial score (nSPS) is 9.88. The van der Waals surface area contributed by atoms with Crippen molar-refractivity contribution < 1.29 is 9.18 Å². The largest absolute Gasteiger partial charge is 0.389 e. The summed E-state index contributed by atoms with van der Waals surface area (Å²) in [5.41, 5.74) is 11.5. The third-order valence-electron chi connectivity index (χ3n) is 2.03. The van der Waals surface area contributed by atoms with E-state index in [2.05, 4.69) is 0 Å². The molecule has 0 atom stereocenters. The molecule has 0 aliphatic carbocycles. The molecule has 6 heteroatoms. The zero-order valence-corrected chi connectivity index (χ0v) is 9.55. The topological polar surface area (TPSA) is 72.3 Å². The average Bonchev–Trinajstić information content (AvgIpc) is 2.16. The van der Waals surface area contributed by atoms with Crippen LogP contribution in [0.2, 0.25) is 0 Å². The molecule has 0 heterocycles. The minimum absolute atomic E-state index is 0.0151. The number of likely N-dealkylation sites (N-methyl/N-ethyl adjacent to an activating group) is 1. The van der Waals surface area contributed by atoms with Crippen LogP contribution in [0, 0.1) is 5.82 Å². The maximum Gasteiger partial charge on any atom is 0.236 e. The lowest BCUT2D eigenvalue weighted by Crippen LogP contribution is -2.32. The molecule has 0 spiro atoms. The molecule has 0 fully saturated rings. The fraction of sp³-hybridized carbons (Fsp3) is 0.200. The second-order valence-electron chi connectivity index (χ2n) is 3.35. The number of amides is 1. The number of hydrogen-bond acceptors (Lipinski definition) is 3. The maximum absolute atomic E-state index is 13.0. The molecule has 0 aliphatic rings. The van der Waals surface area contributed by atoms with Gasteiger partial charge in [0.15, 0.2) is 0 Å². The van der Waals surface area contributed by atoms with E-state index >= 15 is 0 Å². The molecule has 0 unspecified atom stereocenters. The molecule has 0 aromatic heterocycles. The number of nitrogens with two attached hydrogens (primary N) is 2. The zero-order chi connectivity index (χ0) is 12.3. The van der Waals surface area contributed by atoms with Crippen molar-refractivity contribution in [1.82, 2.24) is 0 Å². The summed E-state index contributed by atoms with van der Waals surface area (Å²) in [6.45, 7) is 0.0151. The fourth-order valence-corrected chi connectivity index (χ4v) is 1.52. The van der Waals surface area contributed by atoms with Gasteiger partial charge in [-0.25, -0.2) is 4.39 Å². The molecule has 1 rings (SSSR count). The molecule has 0 saturated heterocycles. The first-order valence-electron chi connectivity index (χ1n) is 4.50. The van der Waals surface area contributed by atoms with Crippen molar-refractivity contribution >= 4 is 28.8 Å². The molecule has 86 valence electrons. The number of nitrogens with zero attached hydrogens (tertiary/aromatic N) is 1. The van der Waals surface area contributed by atoms with E-state index in [9.17, 15) is 9.18 Å². The number of hydrogen-bond donors (Lipinski definition) is 2. The molecule has 0 aliphatic heterocycles. The summed E-state index contributed by atoms with van der Waals surface area (Å²) < 4.78 is 13.0. The number of halogens is 1. The Morgan fingerprint density at radius 1 is 1.50 bits per heavy atom. The molecule has 4 nitrogen and oxygen atoms in total. The molecule has 16 heavy (non-hydrogen) atoms. The summed E-state index contributed by atoms with van der Waals surface area (Å²) in [6.07, 6.45) is 0. The van der Waals surface area contributed by atoms with Gasteiger partial charge in [-0.1, -0.05) is 12.2 Å².